The first-order valence-corrected chi connectivity index (χ1v) is 4.82. The van der Waals surface area contributed by atoms with Crippen LogP contribution in [0.4, 0.5) is 4.79 Å². The first-order valence-electron chi connectivity index (χ1n) is 4.82. The summed E-state index contributed by atoms with van der Waals surface area (Å²) >= 11 is 0. The van der Waals surface area contributed by atoms with Gasteiger partial charge in [-0.05, 0) is 24.6 Å². The van der Waals surface area contributed by atoms with E-state index in [-0.39, 0.29) is 6.09 Å². The Morgan fingerprint density at radius 3 is 2.67 bits per heavy atom. The van der Waals surface area contributed by atoms with Crippen molar-refractivity contribution in [2.75, 3.05) is 20.6 Å². The second-order valence-corrected chi connectivity index (χ2v) is 3.41. The number of ether oxygens (including phenoxy) is 1. The second-order valence-electron chi connectivity index (χ2n) is 3.41. The number of para-hydroxylation sites is 1. The molecule has 4 nitrogen and oxygen atoms in total. The fourth-order valence-corrected chi connectivity index (χ4v) is 1.15. The van der Waals surface area contributed by atoms with Crippen LogP contribution in [-0.4, -0.2) is 31.6 Å². The number of carbonyl (C=O) groups excluding carboxylic acids is 1. The highest BCUT2D eigenvalue weighted by Crippen LogP contribution is 2.18. The smallest absolute Gasteiger partial charge is 0.410 e. The molecule has 1 aromatic rings. The van der Waals surface area contributed by atoms with E-state index >= 15 is 0 Å². The lowest BCUT2D eigenvalue weighted by atomic mass is 10.1. The van der Waals surface area contributed by atoms with Gasteiger partial charge in [0.25, 0.3) is 0 Å². The molecule has 1 aromatic carbocycles. The van der Waals surface area contributed by atoms with Gasteiger partial charge in [0.1, 0.15) is 5.75 Å². The fourth-order valence-electron chi connectivity index (χ4n) is 1.15. The minimum atomic E-state index is -0.375. The molecule has 82 valence electrons. The first kappa shape index (κ1) is 11.5. The second kappa shape index (κ2) is 5.36. The zero-order chi connectivity index (χ0) is 11.3. The van der Waals surface area contributed by atoms with Gasteiger partial charge in [0.15, 0.2) is 0 Å². The Hall–Kier alpha value is -1.55. The number of rotatable bonds is 3. The fraction of sp³-hybridized carbons (Fsp3) is 0.364. The van der Waals surface area contributed by atoms with Crippen LogP contribution in [0.5, 0.6) is 5.75 Å². The van der Waals surface area contributed by atoms with E-state index in [4.69, 9.17) is 10.5 Å². The van der Waals surface area contributed by atoms with Crippen molar-refractivity contribution in [1.82, 2.24) is 4.90 Å². The maximum absolute atomic E-state index is 11.3. The highest BCUT2D eigenvalue weighted by atomic mass is 16.6. The van der Waals surface area contributed by atoms with Gasteiger partial charge in [0, 0.05) is 14.1 Å². The van der Waals surface area contributed by atoms with E-state index in [1.54, 1.807) is 20.2 Å². The van der Waals surface area contributed by atoms with E-state index in [0.717, 1.165) is 5.56 Å². The molecular formula is C11H16N2O2. The number of amides is 1. The average molecular weight is 208 g/mol. The predicted molar refractivity (Wildman–Crippen MR) is 58.9 cm³/mol. The third kappa shape index (κ3) is 3.25. The molecule has 0 bridgehead atoms. The van der Waals surface area contributed by atoms with Crippen molar-refractivity contribution in [2.45, 2.75) is 6.42 Å². The molecule has 0 saturated heterocycles. The van der Waals surface area contributed by atoms with Crippen LogP contribution in [0.3, 0.4) is 0 Å². The minimum absolute atomic E-state index is 0.375. The van der Waals surface area contributed by atoms with Crippen molar-refractivity contribution in [3.05, 3.63) is 29.8 Å². The van der Waals surface area contributed by atoms with Gasteiger partial charge in [-0.1, -0.05) is 18.2 Å². The SMILES string of the molecule is CN(C)C(=O)Oc1ccccc1CCN. The molecule has 4 heteroatoms. The number of nitrogens with zero attached hydrogens (tertiary/aromatic N) is 1. The molecule has 0 heterocycles. The molecule has 0 saturated carbocycles. The van der Waals surface area contributed by atoms with Crippen molar-refractivity contribution < 1.29 is 9.53 Å². The molecule has 0 spiro atoms. The van der Waals surface area contributed by atoms with Gasteiger partial charge in [-0.2, -0.15) is 0 Å². The summed E-state index contributed by atoms with van der Waals surface area (Å²) in [7, 11) is 3.29. The third-order valence-corrected chi connectivity index (χ3v) is 1.95. The summed E-state index contributed by atoms with van der Waals surface area (Å²) in [6.45, 7) is 0.538. The zero-order valence-corrected chi connectivity index (χ0v) is 9.06. The van der Waals surface area contributed by atoms with E-state index in [1.807, 2.05) is 18.2 Å². The normalized spacial score (nSPS) is 9.80. The van der Waals surface area contributed by atoms with Crippen LogP contribution in [0.2, 0.25) is 0 Å². The summed E-state index contributed by atoms with van der Waals surface area (Å²) in [6.07, 6.45) is 0.330. The standard InChI is InChI=1S/C11H16N2O2/c1-13(2)11(14)15-10-6-4-3-5-9(10)7-8-12/h3-6H,7-8,12H2,1-2H3. The van der Waals surface area contributed by atoms with Gasteiger partial charge in [0.2, 0.25) is 0 Å². The maximum atomic E-state index is 11.3. The average Bonchev–Trinajstić information content (AvgIpc) is 2.21. The number of benzene rings is 1. The predicted octanol–water partition coefficient (Wildman–Crippen LogP) is 1.25. The van der Waals surface area contributed by atoms with Crippen LogP contribution in [0, 0.1) is 0 Å². The van der Waals surface area contributed by atoms with Gasteiger partial charge < -0.3 is 15.4 Å². The number of carbonyl (C=O) groups is 1. The third-order valence-electron chi connectivity index (χ3n) is 1.95. The molecule has 0 atom stereocenters. The van der Waals surface area contributed by atoms with E-state index < -0.39 is 0 Å². The van der Waals surface area contributed by atoms with Crippen molar-refractivity contribution in [3.63, 3.8) is 0 Å². The Bertz CT molecular complexity index is 337. The van der Waals surface area contributed by atoms with Gasteiger partial charge in [-0.25, -0.2) is 4.79 Å². The molecule has 0 aromatic heterocycles. The Balaban J connectivity index is 2.79. The van der Waals surface area contributed by atoms with Crippen LogP contribution in [0.15, 0.2) is 24.3 Å². The highest BCUT2D eigenvalue weighted by molar-refractivity contribution is 5.70. The summed E-state index contributed by atoms with van der Waals surface area (Å²) in [5, 5.41) is 0. The van der Waals surface area contributed by atoms with Crippen molar-refractivity contribution in [1.29, 1.82) is 0 Å². The van der Waals surface area contributed by atoms with Crippen LogP contribution < -0.4 is 10.5 Å². The summed E-state index contributed by atoms with van der Waals surface area (Å²) in [5.74, 6) is 0.585. The Morgan fingerprint density at radius 1 is 1.40 bits per heavy atom. The quantitative estimate of drug-likeness (QED) is 0.813. The van der Waals surface area contributed by atoms with E-state index in [0.29, 0.717) is 18.7 Å². The lowest BCUT2D eigenvalue weighted by Gasteiger charge is -2.13. The molecule has 0 aliphatic heterocycles. The van der Waals surface area contributed by atoms with E-state index in [1.165, 1.54) is 4.90 Å². The molecule has 0 unspecified atom stereocenters. The molecule has 0 fully saturated rings. The molecule has 1 rings (SSSR count). The summed E-state index contributed by atoms with van der Waals surface area (Å²) < 4.78 is 5.19. The molecule has 0 aliphatic rings. The number of hydrogen-bond acceptors (Lipinski definition) is 3. The van der Waals surface area contributed by atoms with E-state index in [9.17, 15) is 4.79 Å². The number of nitrogens with two attached hydrogens (primary N) is 1. The molecule has 0 radical (unpaired) electrons. The topological polar surface area (TPSA) is 55.6 Å². The first-order chi connectivity index (χ1) is 7.15. The summed E-state index contributed by atoms with van der Waals surface area (Å²) in [6, 6.07) is 7.41. The largest absolute Gasteiger partial charge is 0.414 e. The summed E-state index contributed by atoms with van der Waals surface area (Å²) in [4.78, 5) is 12.7. The zero-order valence-electron chi connectivity index (χ0n) is 9.06. The van der Waals surface area contributed by atoms with Crippen LogP contribution in [0.25, 0.3) is 0 Å². The van der Waals surface area contributed by atoms with Crippen LogP contribution >= 0.6 is 0 Å². The van der Waals surface area contributed by atoms with Crippen molar-refractivity contribution in [3.8, 4) is 5.75 Å². The van der Waals surface area contributed by atoms with Gasteiger partial charge in [0.05, 0.1) is 0 Å². The molecule has 2 N–H and O–H groups in total. The summed E-state index contributed by atoms with van der Waals surface area (Å²) in [5.41, 5.74) is 6.42. The van der Waals surface area contributed by atoms with Crippen LogP contribution in [0.1, 0.15) is 5.56 Å². The Labute approximate surface area is 89.6 Å². The monoisotopic (exact) mass is 208 g/mol. The molecule has 15 heavy (non-hydrogen) atoms. The highest BCUT2D eigenvalue weighted by Gasteiger charge is 2.09. The van der Waals surface area contributed by atoms with Crippen molar-refractivity contribution >= 4 is 6.09 Å². The van der Waals surface area contributed by atoms with Crippen molar-refractivity contribution in [2.24, 2.45) is 5.73 Å². The maximum Gasteiger partial charge on any atom is 0.414 e. The van der Waals surface area contributed by atoms with Crippen LogP contribution in [-0.2, 0) is 6.42 Å². The van der Waals surface area contributed by atoms with Gasteiger partial charge in [-0.3, -0.25) is 0 Å². The lowest BCUT2D eigenvalue weighted by molar-refractivity contribution is 0.171. The Morgan fingerprint density at radius 2 is 2.07 bits per heavy atom. The van der Waals surface area contributed by atoms with E-state index in [2.05, 4.69) is 0 Å². The number of hydrogen-bond donors (Lipinski definition) is 1. The minimum Gasteiger partial charge on any atom is -0.410 e. The lowest BCUT2D eigenvalue weighted by Crippen LogP contribution is -2.25. The van der Waals surface area contributed by atoms with Gasteiger partial charge in [-0.15, -0.1) is 0 Å². The molecular weight excluding hydrogens is 192 g/mol. The molecule has 1 amide bonds. The Kier molecular flexibility index (Phi) is 4.12. The van der Waals surface area contributed by atoms with Gasteiger partial charge >= 0.3 is 6.09 Å². The molecule has 0 aliphatic carbocycles.